The third kappa shape index (κ3) is 5.43. The number of rotatable bonds is 7. The molecule has 5 rings (SSSR count). The topological polar surface area (TPSA) is 66.3 Å². The summed E-state index contributed by atoms with van der Waals surface area (Å²) in [6.45, 7) is 14.7. The van der Waals surface area contributed by atoms with E-state index in [2.05, 4.69) is 65.4 Å². The molecule has 2 aromatic carbocycles. The molecule has 4 aromatic rings. The van der Waals surface area contributed by atoms with Crippen molar-refractivity contribution in [1.82, 2.24) is 24.6 Å². The van der Waals surface area contributed by atoms with Gasteiger partial charge in [-0.25, -0.2) is 9.67 Å². The summed E-state index contributed by atoms with van der Waals surface area (Å²) in [6.07, 6.45) is 0.984. The molecule has 192 valence electrons. The van der Waals surface area contributed by atoms with Crippen LogP contribution in [0, 0.1) is 13.8 Å². The zero-order valence-electron chi connectivity index (χ0n) is 22.3. The van der Waals surface area contributed by atoms with Gasteiger partial charge in [-0.1, -0.05) is 38.1 Å². The molecule has 3 heterocycles. The van der Waals surface area contributed by atoms with Gasteiger partial charge in [0.1, 0.15) is 0 Å². The van der Waals surface area contributed by atoms with Gasteiger partial charge in [0.15, 0.2) is 5.65 Å². The van der Waals surface area contributed by atoms with Gasteiger partial charge < -0.3 is 10.2 Å². The Morgan fingerprint density at radius 1 is 0.892 bits per heavy atom. The van der Waals surface area contributed by atoms with Crippen LogP contribution in [-0.4, -0.2) is 63.2 Å². The highest BCUT2D eigenvalue weighted by atomic mass is 16.1. The summed E-state index contributed by atoms with van der Waals surface area (Å²) in [7, 11) is 0. The van der Waals surface area contributed by atoms with Crippen molar-refractivity contribution in [3.8, 4) is 5.69 Å². The highest BCUT2D eigenvalue weighted by molar-refractivity contribution is 6.12. The Morgan fingerprint density at radius 2 is 1.54 bits per heavy atom. The number of nitrogens with zero attached hydrogens (tertiary/aromatic N) is 5. The molecule has 1 N–H and O–H groups in total. The smallest absolute Gasteiger partial charge is 0.256 e. The Kier molecular flexibility index (Phi) is 7.35. The molecule has 0 saturated carbocycles. The van der Waals surface area contributed by atoms with Gasteiger partial charge in [-0.2, -0.15) is 5.10 Å². The normalized spacial score (nSPS) is 14.8. The number of hydrogen-bond acceptors (Lipinski definition) is 5. The van der Waals surface area contributed by atoms with Crippen LogP contribution in [-0.2, 0) is 13.0 Å². The van der Waals surface area contributed by atoms with Crippen molar-refractivity contribution in [1.29, 1.82) is 0 Å². The number of hydrogen-bond donors (Lipinski definition) is 1. The molecule has 0 spiro atoms. The number of likely N-dealkylation sites (N-methyl/N-ethyl adjacent to an activating group) is 1. The molecule has 1 saturated heterocycles. The second kappa shape index (κ2) is 10.8. The van der Waals surface area contributed by atoms with Crippen LogP contribution < -0.4 is 5.32 Å². The molecule has 0 radical (unpaired) electrons. The highest BCUT2D eigenvalue weighted by Gasteiger charge is 2.20. The molecule has 1 aliphatic heterocycles. The maximum Gasteiger partial charge on any atom is 0.256 e. The van der Waals surface area contributed by atoms with E-state index in [-0.39, 0.29) is 5.91 Å². The van der Waals surface area contributed by atoms with Crippen LogP contribution in [0.4, 0.5) is 5.69 Å². The van der Waals surface area contributed by atoms with Crippen molar-refractivity contribution in [2.45, 2.75) is 40.7 Å². The molecule has 0 aliphatic carbocycles. The summed E-state index contributed by atoms with van der Waals surface area (Å²) in [6, 6.07) is 18.4. The van der Waals surface area contributed by atoms with Gasteiger partial charge in [0.25, 0.3) is 5.91 Å². The Balaban J connectivity index is 1.34. The van der Waals surface area contributed by atoms with E-state index in [0.717, 1.165) is 73.8 Å². The molecular weight excluding hydrogens is 460 g/mol. The van der Waals surface area contributed by atoms with Gasteiger partial charge in [-0.15, -0.1) is 0 Å². The maximum absolute atomic E-state index is 13.4. The van der Waals surface area contributed by atoms with Crippen molar-refractivity contribution in [3.63, 3.8) is 0 Å². The minimum Gasteiger partial charge on any atom is -0.322 e. The number of piperazine rings is 1. The maximum atomic E-state index is 13.4. The zero-order chi connectivity index (χ0) is 25.9. The van der Waals surface area contributed by atoms with E-state index in [1.54, 1.807) is 0 Å². The molecule has 1 amide bonds. The van der Waals surface area contributed by atoms with Crippen LogP contribution in [0.3, 0.4) is 0 Å². The van der Waals surface area contributed by atoms with Crippen LogP contribution in [0.15, 0.2) is 54.6 Å². The number of carbonyl (C=O) groups is 1. The van der Waals surface area contributed by atoms with E-state index in [0.29, 0.717) is 11.2 Å². The van der Waals surface area contributed by atoms with Crippen LogP contribution in [0.2, 0.25) is 0 Å². The summed E-state index contributed by atoms with van der Waals surface area (Å²) in [5.74, 6) is -0.150. The first kappa shape index (κ1) is 25.1. The average molecular weight is 497 g/mol. The van der Waals surface area contributed by atoms with Crippen molar-refractivity contribution in [3.05, 3.63) is 82.7 Å². The monoisotopic (exact) mass is 496 g/mol. The summed E-state index contributed by atoms with van der Waals surface area (Å²) in [5, 5.41) is 8.62. The van der Waals surface area contributed by atoms with E-state index in [1.807, 2.05) is 36.7 Å². The quantitative estimate of drug-likeness (QED) is 0.391. The first-order chi connectivity index (χ1) is 17.9. The summed E-state index contributed by atoms with van der Waals surface area (Å²) >= 11 is 0. The fraction of sp³-hybridized carbons (Fsp3) is 0.367. The van der Waals surface area contributed by atoms with Crippen molar-refractivity contribution in [2.24, 2.45) is 0 Å². The molecule has 37 heavy (non-hydrogen) atoms. The number of nitrogens with one attached hydrogen (secondary N) is 1. The Bertz CT molecular complexity index is 1380. The Labute approximate surface area is 219 Å². The number of fused-ring (bicyclic) bond motifs is 1. The number of carbonyl (C=O) groups excluding carboxylic acids is 1. The van der Waals surface area contributed by atoms with E-state index >= 15 is 0 Å². The van der Waals surface area contributed by atoms with Crippen molar-refractivity contribution in [2.75, 3.05) is 38.0 Å². The molecule has 1 fully saturated rings. The molecule has 0 bridgehead atoms. The Hall–Kier alpha value is -3.55. The van der Waals surface area contributed by atoms with Gasteiger partial charge in [0, 0.05) is 44.1 Å². The molecule has 1 aliphatic rings. The highest BCUT2D eigenvalue weighted by Crippen LogP contribution is 2.26. The van der Waals surface area contributed by atoms with E-state index in [4.69, 9.17) is 10.1 Å². The number of benzene rings is 2. The van der Waals surface area contributed by atoms with Crippen LogP contribution in [0.1, 0.15) is 46.7 Å². The summed E-state index contributed by atoms with van der Waals surface area (Å²) in [4.78, 5) is 23.2. The van der Waals surface area contributed by atoms with Crippen LogP contribution in [0.5, 0.6) is 0 Å². The van der Waals surface area contributed by atoms with E-state index in [9.17, 15) is 4.79 Å². The third-order valence-electron chi connectivity index (χ3n) is 7.30. The molecule has 7 nitrogen and oxygen atoms in total. The lowest BCUT2D eigenvalue weighted by Gasteiger charge is -2.34. The van der Waals surface area contributed by atoms with Crippen LogP contribution in [0.25, 0.3) is 16.7 Å². The fourth-order valence-corrected chi connectivity index (χ4v) is 5.06. The van der Waals surface area contributed by atoms with Gasteiger partial charge in [-0.05, 0) is 68.3 Å². The molecular formula is C30H36N6O. The average Bonchev–Trinajstić information content (AvgIpc) is 3.25. The number of pyridine rings is 1. The van der Waals surface area contributed by atoms with Gasteiger partial charge >= 0.3 is 0 Å². The number of amides is 1. The molecule has 7 heteroatoms. The number of anilines is 1. The van der Waals surface area contributed by atoms with Crippen molar-refractivity contribution < 1.29 is 4.79 Å². The first-order valence-corrected chi connectivity index (χ1v) is 13.3. The zero-order valence-corrected chi connectivity index (χ0v) is 22.3. The minimum absolute atomic E-state index is 0.150. The predicted octanol–water partition coefficient (Wildman–Crippen LogP) is 4.99. The van der Waals surface area contributed by atoms with Gasteiger partial charge in [0.2, 0.25) is 0 Å². The van der Waals surface area contributed by atoms with E-state index < -0.39 is 0 Å². The minimum atomic E-state index is -0.150. The largest absolute Gasteiger partial charge is 0.322 e. The fourth-order valence-electron chi connectivity index (χ4n) is 5.06. The lowest BCUT2D eigenvalue weighted by Crippen LogP contribution is -2.45. The standard InChI is InChI=1S/C30H36N6O/c1-5-23-9-13-26(14-10-23)36-29-28(22(4)33-36)27(19-21(3)31-29)30(37)32-25-11-7-24(8-12-25)20-35-17-15-34(6-2)16-18-35/h7-14,19H,5-6,15-18,20H2,1-4H3,(H,32,37). The number of aryl methyl sites for hydroxylation is 3. The SMILES string of the molecule is CCc1ccc(-n2nc(C)c3c(C(=O)Nc4ccc(CN5CCN(CC)CC5)cc4)cc(C)nc32)cc1. The molecule has 0 unspecified atom stereocenters. The number of aromatic nitrogens is 3. The van der Waals surface area contributed by atoms with Gasteiger partial charge in [-0.3, -0.25) is 9.69 Å². The lowest BCUT2D eigenvalue weighted by atomic mass is 10.1. The van der Waals surface area contributed by atoms with Gasteiger partial charge in [0.05, 0.1) is 22.3 Å². The summed E-state index contributed by atoms with van der Waals surface area (Å²) < 4.78 is 1.84. The molecule has 2 aromatic heterocycles. The second-order valence-corrected chi connectivity index (χ2v) is 9.89. The first-order valence-electron chi connectivity index (χ1n) is 13.3. The lowest BCUT2D eigenvalue weighted by molar-refractivity contribution is 0.102. The third-order valence-corrected chi connectivity index (χ3v) is 7.30. The molecule has 0 atom stereocenters. The second-order valence-electron chi connectivity index (χ2n) is 9.89. The summed E-state index contributed by atoms with van der Waals surface area (Å²) in [5.41, 5.74) is 7.11. The van der Waals surface area contributed by atoms with Crippen LogP contribution >= 0.6 is 0 Å². The van der Waals surface area contributed by atoms with Crippen molar-refractivity contribution >= 4 is 22.6 Å². The Morgan fingerprint density at radius 3 is 2.19 bits per heavy atom. The van der Waals surface area contributed by atoms with E-state index in [1.165, 1.54) is 11.1 Å². The predicted molar refractivity (Wildman–Crippen MR) is 150 cm³/mol.